The van der Waals surface area contributed by atoms with E-state index in [1.807, 2.05) is 30.3 Å². The first-order chi connectivity index (χ1) is 14.6. The summed E-state index contributed by atoms with van der Waals surface area (Å²) < 4.78 is 5.96. The van der Waals surface area contributed by atoms with Gasteiger partial charge in [-0.25, -0.2) is 0 Å². The van der Waals surface area contributed by atoms with Crippen molar-refractivity contribution in [3.8, 4) is 0 Å². The van der Waals surface area contributed by atoms with Gasteiger partial charge >= 0.3 is 5.97 Å². The summed E-state index contributed by atoms with van der Waals surface area (Å²) >= 11 is 0. The zero-order valence-electron chi connectivity index (χ0n) is 16.7. The van der Waals surface area contributed by atoms with Gasteiger partial charge in [0.2, 0.25) is 0 Å². The van der Waals surface area contributed by atoms with E-state index in [0.29, 0.717) is 17.9 Å². The maximum atomic E-state index is 12.6. The summed E-state index contributed by atoms with van der Waals surface area (Å²) in [6.07, 6.45) is 3.57. The molecular weight excluding hydrogens is 380 g/mol. The maximum absolute atomic E-state index is 12.6. The van der Waals surface area contributed by atoms with E-state index in [4.69, 9.17) is 4.74 Å². The first-order valence-electron chi connectivity index (χ1n) is 10.5. The number of hydrogen-bond acceptors (Lipinski definition) is 4. The highest BCUT2D eigenvalue weighted by molar-refractivity contribution is 6.36. The lowest BCUT2D eigenvalue weighted by Gasteiger charge is -2.32. The second-order valence-electron chi connectivity index (χ2n) is 8.12. The van der Waals surface area contributed by atoms with Gasteiger partial charge in [-0.2, -0.15) is 0 Å². The third-order valence-corrected chi connectivity index (χ3v) is 6.27. The summed E-state index contributed by atoms with van der Waals surface area (Å²) in [5, 5.41) is 12.4. The van der Waals surface area contributed by atoms with Crippen LogP contribution in [0.2, 0.25) is 0 Å². The van der Waals surface area contributed by atoms with Gasteiger partial charge in [-0.05, 0) is 37.4 Å². The lowest BCUT2D eigenvalue weighted by Crippen LogP contribution is -2.45. The molecule has 0 radical (unpaired) electrons. The summed E-state index contributed by atoms with van der Waals surface area (Å²) in [4.78, 5) is 26.2. The second kappa shape index (κ2) is 7.61. The van der Waals surface area contributed by atoms with E-state index in [1.54, 1.807) is 0 Å². The quantitative estimate of drug-likeness (QED) is 0.763. The van der Waals surface area contributed by atoms with Crippen molar-refractivity contribution in [3.63, 3.8) is 0 Å². The van der Waals surface area contributed by atoms with E-state index in [1.165, 1.54) is 0 Å². The molecular formula is C24H24N2O4. The molecule has 1 fully saturated rings. The van der Waals surface area contributed by atoms with Gasteiger partial charge in [0.25, 0.3) is 5.91 Å². The number of carbonyl (C=O) groups excluding carboxylic acids is 1. The van der Waals surface area contributed by atoms with Crippen molar-refractivity contribution in [2.75, 3.05) is 18.4 Å². The summed E-state index contributed by atoms with van der Waals surface area (Å²) in [5.74, 6) is -0.211. The van der Waals surface area contributed by atoms with Crippen molar-refractivity contribution >= 4 is 28.9 Å². The summed E-state index contributed by atoms with van der Waals surface area (Å²) in [7, 11) is 0. The number of anilines is 1. The van der Waals surface area contributed by atoms with Crippen LogP contribution < -0.4 is 5.32 Å². The first kappa shape index (κ1) is 18.9. The number of carbonyl (C=O) groups is 2. The van der Waals surface area contributed by atoms with Gasteiger partial charge < -0.3 is 15.2 Å². The molecule has 3 aliphatic rings. The topological polar surface area (TPSA) is 78.9 Å². The molecule has 6 heteroatoms. The Labute approximate surface area is 175 Å². The number of piperidine rings is 1. The Morgan fingerprint density at radius 3 is 2.90 bits per heavy atom. The fraction of sp³-hybridized carbons (Fsp3) is 0.333. The molecule has 0 bridgehead atoms. The predicted molar refractivity (Wildman–Crippen MR) is 114 cm³/mol. The van der Waals surface area contributed by atoms with E-state index in [-0.39, 0.29) is 11.9 Å². The van der Waals surface area contributed by atoms with Crippen LogP contribution in [-0.4, -0.2) is 41.0 Å². The molecule has 5 rings (SSSR count). The molecule has 1 amide bonds. The van der Waals surface area contributed by atoms with Crippen molar-refractivity contribution in [3.05, 3.63) is 64.7 Å². The highest BCUT2D eigenvalue weighted by atomic mass is 16.5. The number of nitrogens with zero attached hydrogens (tertiary/aromatic N) is 1. The van der Waals surface area contributed by atoms with E-state index in [0.717, 1.165) is 66.7 Å². The van der Waals surface area contributed by atoms with Gasteiger partial charge in [-0.15, -0.1) is 0 Å². The van der Waals surface area contributed by atoms with Gasteiger partial charge in [-0.1, -0.05) is 42.8 Å². The molecule has 3 heterocycles. The SMILES string of the molecule is O=C1Nc2ccccc2C1=C1OCc2cc(CCN3CCCCC3C(=O)O)ccc21. The number of rotatable bonds is 4. The fourth-order valence-corrected chi connectivity index (χ4v) is 4.73. The van der Waals surface area contributed by atoms with Crippen molar-refractivity contribution in [1.29, 1.82) is 0 Å². The van der Waals surface area contributed by atoms with Crippen LogP contribution in [0.15, 0.2) is 42.5 Å². The Balaban J connectivity index is 1.37. The van der Waals surface area contributed by atoms with Gasteiger partial charge in [0, 0.05) is 28.9 Å². The minimum absolute atomic E-state index is 0.132. The number of hydrogen-bond donors (Lipinski definition) is 2. The van der Waals surface area contributed by atoms with Crippen LogP contribution in [-0.2, 0) is 27.4 Å². The number of benzene rings is 2. The fourth-order valence-electron chi connectivity index (χ4n) is 4.73. The van der Waals surface area contributed by atoms with Crippen LogP contribution in [0.1, 0.15) is 41.5 Å². The van der Waals surface area contributed by atoms with E-state index < -0.39 is 5.97 Å². The third kappa shape index (κ3) is 3.27. The van der Waals surface area contributed by atoms with E-state index in [9.17, 15) is 14.7 Å². The minimum Gasteiger partial charge on any atom is -0.487 e. The van der Waals surface area contributed by atoms with Gasteiger partial charge in [0.05, 0.1) is 5.57 Å². The lowest BCUT2D eigenvalue weighted by atomic mass is 9.97. The summed E-state index contributed by atoms with van der Waals surface area (Å²) in [5.41, 5.74) is 5.47. The largest absolute Gasteiger partial charge is 0.487 e. The summed E-state index contributed by atoms with van der Waals surface area (Å²) in [6, 6.07) is 13.5. The Bertz CT molecular complexity index is 1060. The molecule has 1 unspecified atom stereocenters. The van der Waals surface area contributed by atoms with Gasteiger partial charge in [0.1, 0.15) is 18.4 Å². The zero-order chi connectivity index (χ0) is 20.7. The molecule has 2 aromatic carbocycles. The monoisotopic (exact) mass is 404 g/mol. The number of carboxylic acid groups (broad SMARTS) is 1. The smallest absolute Gasteiger partial charge is 0.320 e. The standard InChI is InChI=1S/C24H24N2O4/c27-23-21(18-5-1-2-6-19(18)25-23)22-17-9-8-15(13-16(17)14-30-22)10-12-26-11-4-3-7-20(26)24(28)29/h1-2,5-6,8-9,13,20H,3-4,7,10-12,14H2,(H,25,27)(H,28,29). The molecule has 2 aromatic rings. The molecule has 6 nitrogen and oxygen atoms in total. The average molecular weight is 404 g/mol. The molecule has 0 aromatic heterocycles. The van der Waals surface area contributed by atoms with Gasteiger partial charge in [-0.3, -0.25) is 14.5 Å². The van der Waals surface area contributed by atoms with Crippen molar-refractivity contribution < 1.29 is 19.4 Å². The number of para-hydroxylation sites is 1. The number of ether oxygens (including phenoxy) is 1. The molecule has 0 aliphatic carbocycles. The van der Waals surface area contributed by atoms with Crippen molar-refractivity contribution in [2.45, 2.75) is 38.3 Å². The molecule has 0 saturated carbocycles. The number of nitrogens with one attached hydrogen (secondary N) is 1. The van der Waals surface area contributed by atoms with Crippen molar-refractivity contribution in [1.82, 2.24) is 4.90 Å². The van der Waals surface area contributed by atoms with Crippen LogP contribution in [0.5, 0.6) is 0 Å². The lowest BCUT2D eigenvalue weighted by molar-refractivity contribution is -0.144. The molecule has 2 N–H and O–H groups in total. The van der Waals surface area contributed by atoms with Gasteiger partial charge in [0.15, 0.2) is 0 Å². The molecule has 3 aliphatic heterocycles. The second-order valence-corrected chi connectivity index (χ2v) is 8.12. The third-order valence-electron chi connectivity index (χ3n) is 6.27. The first-order valence-corrected chi connectivity index (χ1v) is 10.5. The molecule has 30 heavy (non-hydrogen) atoms. The molecule has 0 spiro atoms. The van der Waals surface area contributed by atoms with E-state index >= 15 is 0 Å². The Kier molecular flexibility index (Phi) is 4.79. The van der Waals surface area contributed by atoms with Crippen LogP contribution in [0, 0.1) is 0 Å². The van der Waals surface area contributed by atoms with Crippen LogP contribution in [0.4, 0.5) is 5.69 Å². The van der Waals surface area contributed by atoms with Crippen LogP contribution in [0.3, 0.4) is 0 Å². The Hall–Kier alpha value is -3.12. The van der Waals surface area contributed by atoms with Crippen molar-refractivity contribution in [2.24, 2.45) is 0 Å². The highest BCUT2D eigenvalue weighted by Gasteiger charge is 2.32. The number of likely N-dealkylation sites (tertiary alicyclic amines) is 1. The number of amides is 1. The zero-order valence-corrected chi connectivity index (χ0v) is 16.7. The van der Waals surface area contributed by atoms with Crippen LogP contribution >= 0.6 is 0 Å². The molecule has 154 valence electrons. The molecule has 1 saturated heterocycles. The normalized spacial score (nSPS) is 22.9. The summed E-state index contributed by atoms with van der Waals surface area (Å²) in [6.45, 7) is 2.02. The minimum atomic E-state index is -0.719. The van der Waals surface area contributed by atoms with E-state index in [2.05, 4.69) is 22.3 Å². The molecule has 1 atom stereocenters. The average Bonchev–Trinajstić information content (AvgIpc) is 3.31. The van der Waals surface area contributed by atoms with Crippen LogP contribution in [0.25, 0.3) is 11.3 Å². The number of carboxylic acids is 1. The number of fused-ring (bicyclic) bond motifs is 2. The maximum Gasteiger partial charge on any atom is 0.320 e. The Morgan fingerprint density at radius 2 is 2.03 bits per heavy atom. The highest BCUT2D eigenvalue weighted by Crippen LogP contribution is 2.41. The Morgan fingerprint density at radius 1 is 1.17 bits per heavy atom. The number of aliphatic carboxylic acids is 1. The predicted octanol–water partition coefficient (Wildman–Crippen LogP) is 3.52.